The zero-order valence-electron chi connectivity index (χ0n) is 14.7. The number of anilines is 1. The summed E-state index contributed by atoms with van der Waals surface area (Å²) < 4.78 is 0. The van der Waals surface area contributed by atoms with Crippen LogP contribution in [0.25, 0.3) is 0 Å². The third-order valence-corrected chi connectivity index (χ3v) is 4.61. The number of nitrogens with two attached hydrogens (primary N) is 1. The molecule has 2 amide bonds. The molecule has 2 N–H and O–H groups in total. The van der Waals surface area contributed by atoms with Crippen LogP contribution < -0.4 is 10.6 Å². The van der Waals surface area contributed by atoms with Crippen LogP contribution in [0.5, 0.6) is 0 Å². The minimum Gasteiger partial charge on any atom is -0.341 e. The topological polar surface area (TPSA) is 66.6 Å². The molecule has 1 aliphatic heterocycles. The molecule has 1 aromatic rings. The lowest BCUT2D eigenvalue weighted by Gasteiger charge is -2.26. The molecule has 0 bridgehead atoms. The van der Waals surface area contributed by atoms with Crippen molar-refractivity contribution in [2.45, 2.75) is 39.2 Å². The second-order valence-corrected chi connectivity index (χ2v) is 6.36. The molecule has 1 aromatic carbocycles. The number of likely N-dealkylation sites (N-methyl/N-ethyl adjacent to an activating group) is 1. The normalized spacial score (nSPS) is 18.2. The van der Waals surface area contributed by atoms with E-state index >= 15 is 0 Å². The van der Waals surface area contributed by atoms with Gasteiger partial charge in [-0.1, -0.05) is 25.5 Å². The minimum absolute atomic E-state index is 0. The minimum atomic E-state index is -0.281. The van der Waals surface area contributed by atoms with E-state index in [1.54, 1.807) is 16.8 Å². The molecule has 6 heteroatoms. The van der Waals surface area contributed by atoms with E-state index in [4.69, 9.17) is 5.73 Å². The molecule has 1 heterocycles. The maximum atomic E-state index is 12.5. The van der Waals surface area contributed by atoms with Crippen molar-refractivity contribution in [1.29, 1.82) is 0 Å². The number of aryl methyl sites for hydroxylation is 1. The van der Waals surface area contributed by atoms with E-state index in [0.717, 1.165) is 18.5 Å². The predicted molar refractivity (Wildman–Crippen MR) is 99.4 cm³/mol. The van der Waals surface area contributed by atoms with Crippen LogP contribution in [0, 0.1) is 5.92 Å². The van der Waals surface area contributed by atoms with Gasteiger partial charge in [-0.15, -0.1) is 12.4 Å². The van der Waals surface area contributed by atoms with Gasteiger partial charge in [-0.2, -0.15) is 0 Å². The number of carbonyl (C=O) groups excluding carboxylic acids is 2. The molecule has 24 heavy (non-hydrogen) atoms. The monoisotopic (exact) mass is 353 g/mol. The van der Waals surface area contributed by atoms with Crippen LogP contribution in [-0.2, 0) is 16.0 Å². The first-order valence-corrected chi connectivity index (χ1v) is 8.34. The zero-order valence-corrected chi connectivity index (χ0v) is 15.5. The Hall–Kier alpha value is -1.59. The van der Waals surface area contributed by atoms with E-state index in [-0.39, 0.29) is 42.6 Å². The van der Waals surface area contributed by atoms with Crippen LogP contribution >= 0.6 is 12.4 Å². The van der Waals surface area contributed by atoms with Crippen molar-refractivity contribution in [3.05, 3.63) is 29.8 Å². The summed E-state index contributed by atoms with van der Waals surface area (Å²) in [7, 11) is 1.76. The number of carbonyl (C=O) groups is 2. The first-order chi connectivity index (χ1) is 11.0. The van der Waals surface area contributed by atoms with Crippen molar-refractivity contribution >= 4 is 29.9 Å². The molecule has 0 saturated carbocycles. The quantitative estimate of drug-likeness (QED) is 0.852. The number of amides is 2. The van der Waals surface area contributed by atoms with E-state index in [0.29, 0.717) is 13.1 Å². The van der Waals surface area contributed by atoms with Gasteiger partial charge in [-0.25, -0.2) is 0 Å². The van der Waals surface area contributed by atoms with Crippen molar-refractivity contribution in [3.8, 4) is 0 Å². The third kappa shape index (κ3) is 4.48. The average Bonchev–Trinajstić information content (AvgIpc) is 2.95. The maximum absolute atomic E-state index is 12.5. The second kappa shape index (κ2) is 9.04. The number of hydrogen-bond donors (Lipinski definition) is 1. The van der Waals surface area contributed by atoms with Crippen LogP contribution in [0.2, 0.25) is 0 Å². The SMILES string of the molecule is CCCc1ccc(N2CC(C(=O)N(C)C(C)CN)CC2=O)cc1.Cl. The highest BCUT2D eigenvalue weighted by Crippen LogP contribution is 2.27. The summed E-state index contributed by atoms with van der Waals surface area (Å²) in [4.78, 5) is 28.2. The summed E-state index contributed by atoms with van der Waals surface area (Å²) >= 11 is 0. The fourth-order valence-corrected chi connectivity index (χ4v) is 2.92. The molecule has 5 nitrogen and oxygen atoms in total. The highest BCUT2D eigenvalue weighted by molar-refractivity contribution is 6.00. The Labute approximate surface area is 150 Å². The molecule has 0 aromatic heterocycles. The smallest absolute Gasteiger partial charge is 0.228 e. The van der Waals surface area contributed by atoms with Gasteiger partial charge in [0, 0.05) is 38.3 Å². The van der Waals surface area contributed by atoms with Crippen molar-refractivity contribution in [2.75, 3.05) is 25.0 Å². The Morgan fingerprint density at radius 2 is 2.00 bits per heavy atom. The van der Waals surface area contributed by atoms with Crippen LogP contribution in [-0.4, -0.2) is 42.9 Å². The molecule has 2 unspecified atom stereocenters. The molecule has 1 fully saturated rings. The molecule has 2 rings (SSSR count). The van der Waals surface area contributed by atoms with Gasteiger partial charge < -0.3 is 15.5 Å². The van der Waals surface area contributed by atoms with Crippen LogP contribution in [0.15, 0.2) is 24.3 Å². The first-order valence-electron chi connectivity index (χ1n) is 8.34. The third-order valence-electron chi connectivity index (χ3n) is 4.61. The number of halogens is 1. The van der Waals surface area contributed by atoms with Crippen molar-refractivity contribution in [1.82, 2.24) is 4.90 Å². The molecule has 1 aliphatic rings. The molecule has 0 aliphatic carbocycles. The van der Waals surface area contributed by atoms with Gasteiger partial charge in [0.05, 0.1) is 5.92 Å². The van der Waals surface area contributed by atoms with Gasteiger partial charge in [0.2, 0.25) is 11.8 Å². The largest absolute Gasteiger partial charge is 0.341 e. The molecule has 2 atom stereocenters. The lowest BCUT2D eigenvalue weighted by atomic mass is 10.1. The van der Waals surface area contributed by atoms with E-state index in [2.05, 4.69) is 19.1 Å². The van der Waals surface area contributed by atoms with E-state index in [1.165, 1.54) is 5.56 Å². The fraction of sp³-hybridized carbons (Fsp3) is 0.556. The number of nitrogens with zero attached hydrogens (tertiary/aromatic N) is 2. The maximum Gasteiger partial charge on any atom is 0.228 e. The van der Waals surface area contributed by atoms with E-state index < -0.39 is 0 Å². The predicted octanol–water partition coefficient (Wildman–Crippen LogP) is 2.22. The van der Waals surface area contributed by atoms with Gasteiger partial charge in [-0.3, -0.25) is 9.59 Å². The van der Waals surface area contributed by atoms with Crippen LogP contribution in [0.1, 0.15) is 32.3 Å². The Morgan fingerprint density at radius 3 is 2.54 bits per heavy atom. The van der Waals surface area contributed by atoms with Gasteiger partial charge in [-0.05, 0) is 31.0 Å². The summed E-state index contributed by atoms with van der Waals surface area (Å²) in [6.45, 7) is 4.93. The van der Waals surface area contributed by atoms with Gasteiger partial charge >= 0.3 is 0 Å². The summed E-state index contributed by atoms with van der Waals surface area (Å²) in [6.07, 6.45) is 2.42. The zero-order chi connectivity index (χ0) is 17.0. The summed E-state index contributed by atoms with van der Waals surface area (Å²) in [5, 5.41) is 0. The molecular formula is C18H28ClN3O2. The standard InChI is InChI=1S/C18H27N3O2.ClH/c1-4-5-14-6-8-16(9-7-14)21-12-15(10-17(21)22)18(23)20(3)13(2)11-19;/h6-9,13,15H,4-5,10-12,19H2,1-3H3;1H. The molecule has 134 valence electrons. The summed E-state index contributed by atoms with van der Waals surface area (Å²) in [6, 6.07) is 8.05. The Kier molecular flexibility index (Phi) is 7.70. The van der Waals surface area contributed by atoms with Gasteiger partial charge in [0.1, 0.15) is 0 Å². The number of hydrogen-bond acceptors (Lipinski definition) is 3. The Balaban J connectivity index is 0.00000288. The molecule has 1 saturated heterocycles. The number of rotatable bonds is 6. The summed E-state index contributed by atoms with van der Waals surface area (Å²) in [5.41, 5.74) is 7.77. The molecule has 0 spiro atoms. The summed E-state index contributed by atoms with van der Waals surface area (Å²) in [5.74, 6) is -0.265. The fourth-order valence-electron chi connectivity index (χ4n) is 2.92. The Bertz CT molecular complexity index is 562. The lowest BCUT2D eigenvalue weighted by molar-refractivity contribution is -0.136. The van der Waals surface area contributed by atoms with Crippen molar-refractivity contribution in [2.24, 2.45) is 11.7 Å². The lowest BCUT2D eigenvalue weighted by Crippen LogP contribution is -2.43. The van der Waals surface area contributed by atoms with E-state index in [1.807, 2.05) is 19.1 Å². The van der Waals surface area contributed by atoms with E-state index in [9.17, 15) is 9.59 Å². The molecular weight excluding hydrogens is 326 g/mol. The van der Waals surface area contributed by atoms with Crippen LogP contribution in [0.4, 0.5) is 5.69 Å². The number of benzene rings is 1. The second-order valence-electron chi connectivity index (χ2n) is 6.36. The highest BCUT2D eigenvalue weighted by Gasteiger charge is 2.37. The highest BCUT2D eigenvalue weighted by atomic mass is 35.5. The Morgan fingerprint density at radius 1 is 1.38 bits per heavy atom. The first kappa shape index (κ1) is 20.5. The van der Waals surface area contributed by atoms with Gasteiger partial charge in [0.25, 0.3) is 0 Å². The van der Waals surface area contributed by atoms with Gasteiger partial charge in [0.15, 0.2) is 0 Å². The molecule has 0 radical (unpaired) electrons. The van der Waals surface area contributed by atoms with Crippen LogP contribution in [0.3, 0.4) is 0 Å². The van der Waals surface area contributed by atoms with Crippen molar-refractivity contribution < 1.29 is 9.59 Å². The average molecular weight is 354 g/mol. The van der Waals surface area contributed by atoms with Crippen molar-refractivity contribution in [3.63, 3.8) is 0 Å².